The lowest BCUT2D eigenvalue weighted by molar-refractivity contribution is -0.131. The van der Waals surface area contributed by atoms with E-state index in [1.54, 1.807) is 12.3 Å². The van der Waals surface area contributed by atoms with E-state index >= 15 is 0 Å². The van der Waals surface area contributed by atoms with Gasteiger partial charge in [-0.05, 0) is 12.0 Å². The largest absolute Gasteiger partial charge is 0.475 e. The number of aliphatic carboxylic acids is 1. The number of para-hydroxylation sites is 1. The Morgan fingerprint density at radius 2 is 2.16 bits per heavy atom. The molecule has 1 unspecified atom stereocenters. The number of aliphatic hydroxyl groups is 1. The normalized spacial score (nSPS) is 17.6. The Hall–Kier alpha value is -2.14. The fourth-order valence-corrected chi connectivity index (χ4v) is 2.82. The summed E-state index contributed by atoms with van der Waals surface area (Å²) in [7, 11) is 0. The minimum absolute atomic E-state index is 0.0796. The molecule has 1 aliphatic heterocycles. The Morgan fingerprint density at radius 1 is 1.37 bits per heavy atom. The van der Waals surface area contributed by atoms with Crippen molar-refractivity contribution < 1.29 is 19.8 Å². The van der Waals surface area contributed by atoms with E-state index in [0.717, 1.165) is 17.5 Å². The van der Waals surface area contributed by atoms with E-state index in [1.165, 1.54) is 0 Å². The van der Waals surface area contributed by atoms with Crippen LogP contribution < -0.4 is 0 Å². The first-order chi connectivity index (χ1) is 9.11. The topological polar surface area (TPSA) is 79.5 Å². The number of carbonyl (C=O) groups excluding carboxylic acids is 1. The molecule has 0 fully saturated rings. The molecule has 5 heteroatoms. The van der Waals surface area contributed by atoms with Crippen molar-refractivity contribution >= 4 is 22.7 Å². The van der Waals surface area contributed by atoms with Crippen LogP contribution in [0.5, 0.6) is 0 Å². The molecule has 1 aromatic carbocycles. The predicted molar refractivity (Wildman–Crippen MR) is 68.2 cm³/mol. The Morgan fingerprint density at radius 3 is 2.84 bits per heavy atom. The van der Waals surface area contributed by atoms with Crippen molar-refractivity contribution in [3.05, 3.63) is 35.5 Å². The summed E-state index contributed by atoms with van der Waals surface area (Å²) in [6.07, 6.45) is 2.34. The van der Waals surface area contributed by atoms with Crippen LogP contribution in [0, 0.1) is 5.92 Å². The average molecular weight is 259 g/mol. The summed E-state index contributed by atoms with van der Waals surface area (Å²) in [6.45, 7) is 0.688. The van der Waals surface area contributed by atoms with Crippen LogP contribution in [0.4, 0.5) is 0 Å². The van der Waals surface area contributed by atoms with Crippen molar-refractivity contribution in [2.45, 2.75) is 13.0 Å². The molecule has 0 saturated carbocycles. The van der Waals surface area contributed by atoms with Crippen LogP contribution in [0.15, 0.2) is 24.4 Å². The highest BCUT2D eigenvalue weighted by atomic mass is 16.4. The minimum atomic E-state index is -1.44. The van der Waals surface area contributed by atoms with Crippen LogP contribution in [0.25, 0.3) is 10.9 Å². The van der Waals surface area contributed by atoms with Gasteiger partial charge in [-0.15, -0.1) is 0 Å². The molecule has 98 valence electrons. The number of carboxylic acids is 1. The second-order valence-corrected chi connectivity index (χ2v) is 4.90. The molecule has 0 saturated heterocycles. The number of hydrogen-bond acceptors (Lipinski definition) is 3. The second-order valence-electron chi connectivity index (χ2n) is 4.90. The van der Waals surface area contributed by atoms with Gasteiger partial charge in [-0.2, -0.15) is 0 Å². The Labute approximate surface area is 109 Å². The van der Waals surface area contributed by atoms with Gasteiger partial charge in [-0.25, -0.2) is 4.79 Å². The summed E-state index contributed by atoms with van der Waals surface area (Å²) in [5, 5.41) is 18.8. The number of rotatable bonds is 3. The Kier molecular flexibility index (Phi) is 2.64. The SMILES string of the molecule is O=C(O)C(=O)c1cn2c3c(cccc13)CC(CO)C2. The van der Waals surface area contributed by atoms with Crippen molar-refractivity contribution in [2.24, 2.45) is 5.92 Å². The maximum Gasteiger partial charge on any atom is 0.377 e. The molecule has 0 aliphatic carbocycles. The third-order valence-electron chi connectivity index (χ3n) is 3.64. The standard InChI is InChI=1S/C14H13NO4/c16-7-8-4-9-2-1-3-10-11(13(17)14(18)19)6-15(5-8)12(9)10/h1-3,6,8,16H,4-5,7H2,(H,18,19). The smallest absolute Gasteiger partial charge is 0.377 e. The van der Waals surface area contributed by atoms with E-state index < -0.39 is 11.8 Å². The molecule has 0 amide bonds. The minimum Gasteiger partial charge on any atom is -0.475 e. The Balaban J connectivity index is 2.23. The highest BCUT2D eigenvalue weighted by Gasteiger charge is 2.26. The molecule has 2 N–H and O–H groups in total. The molecule has 19 heavy (non-hydrogen) atoms. The van der Waals surface area contributed by atoms with Crippen LogP contribution in [0.3, 0.4) is 0 Å². The molecule has 0 bridgehead atoms. The lowest BCUT2D eigenvalue weighted by Gasteiger charge is -2.22. The molecule has 3 rings (SSSR count). The van der Waals surface area contributed by atoms with Crippen molar-refractivity contribution in [2.75, 3.05) is 6.61 Å². The van der Waals surface area contributed by atoms with Gasteiger partial charge in [0.2, 0.25) is 0 Å². The van der Waals surface area contributed by atoms with Gasteiger partial charge in [-0.1, -0.05) is 18.2 Å². The van der Waals surface area contributed by atoms with Crippen LogP contribution >= 0.6 is 0 Å². The number of carboxylic acid groups (broad SMARTS) is 1. The summed E-state index contributed by atoms with van der Waals surface area (Å²) < 4.78 is 1.88. The zero-order valence-corrected chi connectivity index (χ0v) is 10.2. The van der Waals surface area contributed by atoms with Gasteiger partial charge in [0.15, 0.2) is 0 Å². The van der Waals surface area contributed by atoms with Gasteiger partial charge in [0.25, 0.3) is 5.78 Å². The lowest BCUT2D eigenvalue weighted by atomic mass is 9.94. The van der Waals surface area contributed by atoms with E-state index in [1.807, 2.05) is 16.7 Å². The fraction of sp³-hybridized carbons (Fsp3) is 0.286. The molecule has 2 heterocycles. The number of hydrogen-bond donors (Lipinski definition) is 2. The first-order valence-corrected chi connectivity index (χ1v) is 6.11. The second kappa shape index (κ2) is 4.20. The summed E-state index contributed by atoms with van der Waals surface area (Å²) >= 11 is 0. The van der Waals surface area contributed by atoms with Gasteiger partial charge < -0.3 is 14.8 Å². The van der Waals surface area contributed by atoms with Crippen molar-refractivity contribution in [1.82, 2.24) is 4.57 Å². The summed E-state index contributed by atoms with van der Waals surface area (Å²) in [4.78, 5) is 22.6. The molecule has 0 spiro atoms. The monoisotopic (exact) mass is 259 g/mol. The number of benzene rings is 1. The summed E-state index contributed by atoms with van der Waals surface area (Å²) in [5.74, 6) is -2.22. The third kappa shape index (κ3) is 1.74. The summed E-state index contributed by atoms with van der Waals surface area (Å²) in [5.41, 5.74) is 2.19. The lowest BCUT2D eigenvalue weighted by Crippen LogP contribution is -2.21. The molecule has 1 aliphatic rings. The van der Waals surface area contributed by atoms with Crippen LogP contribution in [-0.2, 0) is 17.8 Å². The molecular weight excluding hydrogens is 246 g/mol. The van der Waals surface area contributed by atoms with E-state index in [9.17, 15) is 14.7 Å². The van der Waals surface area contributed by atoms with Gasteiger partial charge in [0, 0.05) is 30.7 Å². The number of ketones is 1. The maximum absolute atomic E-state index is 11.7. The highest BCUT2D eigenvalue weighted by Crippen LogP contribution is 2.31. The number of nitrogens with zero attached hydrogens (tertiary/aromatic N) is 1. The highest BCUT2D eigenvalue weighted by molar-refractivity contribution is 6.42. The number of aromatic nitrogens is 1. The average Bonchev–Trinajstić information content (AvgIpc) is 2.78. The first-order valence-electron chi connectivity index (χ1n) is 6.11. The van der Waals surface area contributed by atoms with E-state index in [4.69, 9.17) is 5.11 Å². The van der Waals surface area contributed by atoms with Gasteiger partial charge >= 0.3 is 5.97 Å². The van der Waals surface area contributed by atoms with Crippen molar-refractivity contribution in [3.8, 4) is 0 Å². The Bertz CT molecular complexity index is 686. The molecule has 1 atom stereocenters. The zero-order valence-electron chi connectivity index (χ0n) is 10.2. The fourth-order valence-electron chi connectivity index (χ4n) is 2.82. The number of carbonyl (C=O) groups is 2. The van der Waals surface area contributed by atoms with E-state index in [2.05, 4.69) is 0 Å². The first kappa shape index (κ1) is 11.9. The van der Waals surface area contributed by atoms with Crippen molar-refractivity contribution in [1.29, 1.82) is 0 Å². The summed E-state index contributed by atoms with van der Waals surface area (Å²) in [6, 6.07) is 5.54. The zero-order chi connectivity index (χ0) is 13.6. The van der Waals surface area contributed by atoms with E-state index in [0.29, 0.717) is 11.9 Å². The van der Waals surface area contributed by atoms with Gasteiger partial charge in [0.1, 0.15) is 0 Å². The molecule has 1 aromatic heterocycles. The van der Waals surface area contributed by atoms with Crippen molar-refractivity contribution in [3.63, 3.8) is 0 Å². The number of aliphatic hydroxyl groups excluding tert-OH is 1. The van der Waals surface area contributed by atoms with Crippen LogP contribution in [0.2, 0.25) is 0 Å². The molecule has 0 radical (unpaired) electrons. The quantitative estimate of drug-likeness (QED) is 0.638. The predicted octanol–water partition coefficient (Wildman–Crippen LogP) is 1.07. The van der Waals surface area contributed by atoms with Gasteiger partial charge in [0.05, 0.1) is 11.1 Å². The third-order valence-corrected chi connectivity index (χ3v) is 3.64. The molecule has 5 nitrogen and oxygen atoms in total. The molecule has 2 aromatic rings. The van der Waals surface area contributed by atoms with Crippen LogP contribution in [-0.4, -0.2) is 33.1 Å². The number of Topliss-reactive ketones (excluding diaryl/α,β-unsaturated/α-hetero) is 1. The van der Waals surface area contributed by atoms with E-state index in [-0.39, 0.29) is 18.1 Å². The van der Waals surface area contributed by atoms with Gasteiger partial charge in [-0.3, -0.25) is 4.79 Å². The maximum atomic E-state index is 11.7. The van der Waals surface area contributed by atoms with Crippen LogP contribution in [0.1, 0.15) is 15.9 Å². The molecular formula is C14H13NO4.